The lowest BCUT2D eigenvalue weighted by Gasteiger charge is -2.46. The van der Waals surface area contributed by atoms with Crippen LogP contribution >= 0.6 is 0 Å². The van der Waals surface area contributed by atoms with Crippen molar-refractivity contribution in [1.82, 2.24) is 5.32 Å². The average molecular weight is 301 g/mol. The number of hydrogen-bond donors (Lipinski definition) is 2. The minimum atomic E-state index is -0.532. The first-order valence-corrected chi connectivity index (χ1v) is 8.06. The van der Waals surface area contributed by atoms with Gasteiger partial charge in [0.25, 0.3) is 0 Å². The molecule has 2 rings (SSSR count). The Balaban J connectivity index is 2.04. The van der Waals surface area contributed by atoms with Gasteiger partial charge in [0, 0.05) is 0 Å². The van der Waals surface area contributed by atoms with Gasteiger partial charge < -0.3 is 10.4 Å². The van der Waals surface area contributed by atoms with Crippen LogP contribution in [0.25, 0.3) is 0 Å². The van der Waals surface area contributed by atoms with E-state index in [1.54, 1.807) is 0 Å². The molecule has 120 valence electrons. The normalized spacial score (nSPS) is 22.5. The lowest BCUT2D eigenvalue weighted by atomic mass is 9.59. The van der Waals surface area contributed by atoms with Gasteiger partial charge in [0.1, 0.15) is 0 Å². The molecule has 3 nitrogen and oxygen atoms in total. The molecule has 22 heavy (non-hydrogen) atoms. The van der Waals surface area contributed by atoms with Crippen LogP contribution in [-0.4, -0.2) is 23.2 Å². The van der Waals surface area contributed by atoms with Crippen LogP contribution in [0.2, 0.25) is 0 Å². The zero-order valence-corrected chi connectivity index (χ0v) is 13.8. The number of allylic oxidation sites excluding steroid dienone is 1. The third-order valence-electron chi connectivity index (χ3n) is 5.06. The zero-order valence-electron chi connectivity index (χ0n) is 13.8. The van der Waals surface area contributed by atoms with E-state index < -0.39 is 6.10 Å². The first-order valence-electron chi connectivity index (χ1n) is 8.06. The van der Waals surface area contributed by atoms with E-state index in [-0.39, 0.29) is 23.3 Å². The molecule has 1 amide bonds. The molecule has 1 aromatic rings. The third-order valence-corrected chi connectivity index (χ3v) is 5.06. The van der Waals surface area contributed by atoms with Crippen molar-refractivity contribution < 1.29 is 9.90 Å². The molecule has 2 unspecified atom stereocenters. The second-order valence-electron chi connectivity index (χ2n) is 6.86. The first-order chi connectivity index (χ1) is 10.4. The summed E-state index contributed by atoms with van der Waals surface area (Å²) in [4.78, 5) is 12.5. The Kier molecular flexibility index (Phi) is 5.07. The summed E-state index contributed by atoms with van der Waals surface area (Å²) in [5.41, 5.74) is 2.11. The minimum Gasteiger partial charge on any atom is -0.391 e. The van der Waals surface area contributed by atoms with Crippen LogP contribution < -0.4 is 5.32 Å². The van der Waals surface area contributed by atoms with Crippen molar-refractivity contribution in [1.29, 1.82) is 0 Å². The molecule has 0 radical (unpaired) electrons. The van der Waals surface area contributed by atoms with Gasteiger partial charge in [0.2, 0.25) is 5.91 Å². The van der Waals surface area contributed by atoms with Gasteiger partial charge in [-0.15, -0.1) is 0 Å². The van der Waals surface area contributed by atoms with Gasteiger partial charge in [-0.3, -0.25) is 4.79 Å². The second-order valence-corrected chi connectivity index (χ2v) is 6.86. The molecule has 3 heteroatoms. The predicted molar refractivity (Wildman–Crippen MR) is 89.4 cm³/mol. The Bertz CT molecular complexity index is 536. The van der Waals surface area contributed by atoms with Crippen LogP contribution in [0.3, 0.4) is 0 Å². The fourth-order valence-corrected chi connectivity index (χ4v) is 3.02. The molecule has 3 atom stereocenters. The van der Waals surface area contributed by atoms with Crippen LogP contribution in [0.4, 0.5) is 0 Å². The van der Waals surface area contributed by atoms with E-state index in [2.05, 4.69) is 25.7 Å². The molecule has 1 aliphatic carbocycles. The molecule has 1 saturated carbocycles. The molecule has 0 aromatic heterocycles. The Hall–Kier alpha value is -1.61. The van der Waals surface area contributed by atoms with Crippen molar-refractivity contribution in [3.63, 3.8) is 0 Å². The second kappa shape index (κ2) is 6.66. The van der Waals surface area contributed by atoms with Gasteiger partial charge >= 0.3 is 0 Å². The van der Waals surface area contributed by atoms with E-state index in [9.17, 15) is 9.90 Å². The highest BCUT2D eigenvalue weighted by molar-refractivity contribution is 5.82. The summed E-state index contributed by atoms with van der Waals surface area (Å²) in [5.74, 6) is -0.00633. The maximum absolute atomic E-state index is 12.5. The quantitative estimate of drug-likeness (QED) is 0.793. The first kappa shape index (κ1) is 16.8. The largest absolute Gasteiger partial charge is 0.391 e. The van der Waals surface area contributed by atoms with Crippen LogP contribution in [0, 0.1) is 11.3 Å². The predicted octanol–water partition coefficient (Wildman–Crippen LogP) is 3.09. The number of hydrogen-bond acceptors (Lipinski definition) is 2. The van der Waals surface area contributed by atoms with Gasteiger partial charge in [-0.2, -0.15) is 0 Å². The van der Waals surface area contributed by atoms with Crippen LogP contribution in [0.15, 0.2) is 42.5 Å². The van der Waals surface area contributed by atoms with Gasteiger partial charge in [-0.05, 0) is 30.2 Å². The highest BCUT2D eigenvalue weighted by atomic mass is 16.3. The Morgan fingerprint density at radius 1 is 1.41 bits per heavy atom. The molecular weight excluding hydrogens is 274 g/mol. The number of nitrogens with one attached hydrogen (secondary N) is 1. The van der Waals surface area contributed by atoms with E-state index in [1.165, 1.54) is 0 Å². The van der Waals surface area contributed by atoms with E-state index >= 15 is 0 Å². The van der Waals surface area contributed by atoms with Crippen LogP contribution in [0.1, 0.15) is 39.2 Å². The summed E-state index contributed by atoms with van der Waals surface area (Å²) >= 11 is 0. The Morgan fingerprint density at radius 2 is 2.05 bits per heavy atom. The summed E-state index contributed by atoms with van der Waals surface area (Å²) in [6.07, 6.45) is 1.49. The molecule has 0 heterocycles. The molecule has 1 aliphatic rings. The highest BCUT2D eigenvalue weighted by Gasteiger charge is 2.47. The number of aliphatic hydroxyl groups excluding tert-OH is 1. The lowest BCUT2D eigenvalue weighted by Crippen LogP contribution is -2.53. The number of rotatable bonds is 6. The van der Waals surface area contributed by atoms with E-state index in [0.29, 0.717) is 12.8 Å². The van der Waals surface area contributed by atoms with Crippen molar-refractivity contribution in [2.24, 2.45) is 11.3 Å². The van der Waals surface area contributed by atoms with Crippen molar-refractivity contribution in [2.75, 3.05) is 0 Å². The monoisotopic (exact) mass is 301 g/mol. The average Bonchev–Trinajstić information content (AvgIpc) is 2.51. The standard InChI is InChI=1S/C19H27NO2/c1-5-17(21)16(12-14-9-7-6-8-10-14)20-18(22)15-11-13(2)19(15,3)4/h6-10,15-17,21H,2,5,11-12H2,1,3-4H3,(H,20,22)/t15-,16?,17?/m1/s1. The summed E-state index contributed by atoms with van der Waals surface area (Å²) in [6, 6.07) is 9.73. The molecule has 1 fully saturated rings. The fourth-order valence-electron chi connectivity index (χ4n) is 3.02. The summed E-state index contributed by atoms with van der Waals surface area (Å²) in [7, 11) is 0. The summed E-state index contributed by atoms with van der Waals surface area (Å²) < 4.78 is 0. The van der Waals surface area contributed by atoms with Crippen molar-refractivity contribution in [3.05, 3.63) is 48.0 Å². The van der Waals surface area contributed by atoms with E-state index in [0.717, 1.165) is 17.6 Å². The maximum atomic E-state index is 12.5. The number of aliphatic hydroxyl groups is 1. The molecular formula is C19H27NO2. The molecule has 2 N–H and O–H groups in total. The lowest BCUT2D eigenvalue weighted by molar-refractivity contribution is -0.132. The van der Waals surface area contributed by atoms with Gasteiger partial charge in [0.15, 0.2) is 0 Å². The zero-order chi connectivity index (χ0) is 16.3. The third kappa shape index (κ3) is 3.41. The molecule has 0 spiro atoms. The molecule has 0 bridgehead atoms. The summed E-state index contributed by atoms with van der Waals surface area (Å²) in [5, 5.41) is 13.3. The van der Waals surface area contributed by atoms with Crippen LogP contribution in [0.5, 0.6) is 0 Å². The number of carbonyl (C=O) groups is 1. The Morgan fingerprint density at radius 3 is 2.55 bits per heavy atom. The van der Waals surface area contributed by atoms with Gasteiger partial charge in [-0.1, -0.05) is 63.3 Å². The Labute approximate surface area is 133 Å². The van der Waals surface area contributed by atoms with Gasteiger partial charge in [0.05, 0.1) is 18.1 Å². The van der Waals surface area contributed by atoms with Crippen molar-refractivity contribution >= 4 is 5.91 Å². The molecule has 0 aliphatic heterocycles. The van der Waals surface area contributed by atoms with Crippen molar-refractivity contribution in [3.8, 4) is 0 Å². The minimum absolute atomic E-state index is 0.0332. The molecule has 1 aromatic carbocycles. The topological polar surface area (TPSA) is 49.3 Å². The van der Waals surface area contributed by atoms with E-state index in [1.807, 2.05) is 37.3 Å². The van der Waals surface area contributed by atoms with Crippen molar-refractivity contribution in [2.45, 2.75) is 52.2 Å². The van der Waals surface area contributed by atoms with Crippen LogP contribution in [-0.2, 0) is 11.2 Å². The summed E-state index contributed by atoms with van der Waals surface area (Å²) in [6.45, 7) is 10.1. The smallest absolute Gasteiger partial charge is 0.224 e. The SMILES string of the molecule is C=C1C[C@H](C(=O)NC(Cc2ccccc2)C(O)CC)C1(C)C. The fraction of sp³-hybridized carbons (Fsp3) is 0.526. The number of benzene rings is 1. The number of carbonyl (C=O) groups excluding carboxylic acids is 1. The van der Waals surface area contributed by atoms with Gasteiger partial charge in [-0.25, -0.2) is 0 Å². The molecule has 0 saturated heterocycles. The number of amides is 1. The van der Waals surface area contributed by atoms with E-state index in [4.69, 9.17) is 0 Å². The highest BCUT2D eigenvalue weighted by Crippen LogP contribution is 2.49. The maximum Gasteiger partial charge on any atom is 0.224 e.